The van der Waals surface area contributed by atoms with Crippen molar-refractivity contribution < 1.29 is 38.6 Å². The number of cyclic esters (lactones) is 1. The molecule has 0 bridgehead atoms. The molecule has 3 aliphatic carbocycles. The molecule has 1 aliphatic heterocycles. The molecule has 4 aliphatic rings. The third-order valence-corrected chi connectivity index (χ3v) is 9.31. The molecular weight excluding hydrogens is 440 g/mol. The topological polar surface area (TPSA) is 124 Å². The van der Waals surface area contributed by atoms with E-state index < -0.39 is 68.4 Å². The molecule has 1 heterocycles. The molecule has 3 unspecified atom stereocenters. The van der Waals surface area contributed by atoms with Gasteiger partial charge in [-0.2, -0.15) is 0 Å². The Hall–Kier alpha value is -3.03. The lowest BCUT2D eigenvalue weighted by Gasteiger charge is -2.66. The standard InChI is InChI=1S/C26H30O8/c1-12-11-14-23(5)10-9-15(27)22(3,4)17(23)16(28)19(30)25(14,7)26(21(32)33-8)18(29)13(2)34-20(31)24(12,26)6/h9-10,13-14,28H,1,11H2,2-8H3/t13?,14?,23-,24-,25+,26?/m0/s1. The number of fused-ring (bicyclic) bond motifs is 5. The highest BCUT2D eigenvalue weighted by atomic mass is 16.6. The first kappa shape index (κ1) is 24.1. The highest BCUT2D eigenvalue weighted by molar-refractivity contribution is 6.20. The molecule has 8 nitrogen and oxygen atoms in total. The van der Waals surface area contributed by atoms with Gasteiger partial charge in [0, 0.05) is 5.41 Å². The van der Waals surface area contributed by atoms with Crippen LogP contribution in [0.2, 0.25) is 0 Å². The van der Waals surface area contributed by atoms with Crippen molar-refractivity contribution in [3.05, 3.63) is 35.6 Å². The van der Waals surface area contributed by atoms with E-state index in [-0.39, 0.29) is 23.4 Å². The Morgan fingerprint density at radius 1 is 1.15 bits per heavy atom. The molecule has 0 spiro atoms. The molecule has 6 atom stereocenters. The smallest absolute Gasteiger partial charge is 0.322 e. The average Bonchev–Trinajstić information content (AvgIpc) is 2.76. The molecule has 0 aromatic rings. The number of carbonyl (C=O) groups is 5. The van der Waals surface area contributed by atoms with Crippen LogP contribution >= 0.6 is 0 Å². The van der Waals surface area contributed by atoms with Crippen molar-refractivity contribution >= 4 is 29.3 Å². The second kappa shape index (κ2) is 6.55. The Morgan fingerprint density at radius 2 is 1.74 bits per heavy atom. The van der Waals surface area contributed by atoms with Crippen molar-refractivity contribution in [2.24, 2.45) is 33.0 Å². The Morgan fingerprint density at radius 3 is 2.29 bits per heavy atom. The van der Waals surface area contributed by atoms with E-state index in [1.54, 1.807) is 26.8 Å². The van der Waals surface area contributed by atoms with Crippen LogP contribution in [0.4, 0.5) is 0 Å². The van der Waals surface area contributed by atoms with Crippen LogP contribution in [0.1, 0.15) is 48.0 Å². The predicted molar refractivity (Wildman–Crippen MR) is 119 cm³/mol. The number of methoxy groups -OCH3 is 1. The minimum absolute atomic E-state index is 0.0795. The molecule has 0 amide bonds. The van der Waals surface area contributed by atoms with Gasteiger partial charge in [-0.05, 0) is 51.7 Å². The van der Waals surface area contributed by atoms with Crippen molar-refractivity contribution in [1.82, 2.24) is 0 Å². The van der Waals surface area contributed by atoms with Crippen LogP contribution in [0.3, 0.4) is 0 Å². The third kappa shape index (κ3) is 2.14. The van der Waals surface area contributed by atoms with Crippen LogP contribution in [0.25, 0.3) is 0 Å². The minimum Gasteiger partial charge on any atom is -0.504 e. The zero-order chi connectivity index (χ0) is 25.8. The fourth-order valence-electron chi connectivity index (χ4n) is 7.49. The number of esters is 2. The van der Waals surface area contributed by atoms with E-state index >= 15 is 0 Å². The molecule has 1 saturated carbocycles. The van der Waals surface area contributed by atoms with E-state index in [0.29, 0.717) is 0 Å². The Labute approximate surface area is 198 Å². The molecule has 34 heavy (non-hydrogen) atoms. The SMILES string of the molecule is C=C1CC2[C@](C)(C(=O)C(O)=C3C(C)(C)C(=O)C=C[C@]32C)C2(C(=O)OC)C(=O)C(C)OC(=O)[C@]12C. The van der Waals surface area contributed by atoms with Crippen LogP contribution in [0.15, 0.2) is 35.6 Å². The second-order valence-corrected chi connectivity index (χ2v) is 11.0. The van der Waals surface area contributed by atoms with Crippen molar-refractivity contribution in [2.45, 2.75) is 54.1 Å². The monoisotopic (exact) mass is 470 g/mol. The molecule has 4 rings (SSSR count). The van der Waals surface area contributed by atoms with Crippen LogP contribution in [0, 0.1) is 33.0 Å². The average molecular weight is 471 g/mol. The van der Waals surface area contributed by atoms with Crippen LogP contribution in [-0.2, 0) is 33.4 Å². The first-order valence-electron chi connectivity index (χ1n) is 11.3. The van der Waals surface area contributed by atoms with Gasteiger partial charge in [0.05, 0.1) is 17.9 Å². The van der Waals surface area contributed by atoms with Gasteiger partial charge in [-0.1, -0.05) is 32.1 Å². The number of hydrogen-bond acceptors (Lipinski definition) is 8. The van der Waals surface area contributed by atoms with E-state index in [4.69, 9.17) is 9.47 Å². The summed E-state index contributed by atoms with van der Waals surface area (Å²) < 4.78 is 10.4. The first-order valence-corrected chi connectivity index (χ1v) is 11.3. The van der Waals surface area contributed by atoms with E-state index in [9.17, 15) is 29.1 Å². The number of Topliss-reactive ketones (excluding diaryl/α,β-unsaturated/α-hetero) is 2. The van der Waals surface area contributed by atoms with Crippen molar-refractivity contribution in [2.75, 3.05) is 7.11 Å². The molecule has 0 aromatic heterocycles. The highest BCUT2D eigenvalue weighted by Gasteiger charge is 2.84. The largest absolute Gasteiger partial charge is 0.504 e. The fourth-order valence-corrected chi connectivity index (χ4v) is 7.49. The van der Waals surface area contributed by atoms with E-state index in [1.165, 1.54) is 26.8 Å². The molecule has 1 N–H and O–H groups in total. The molecule has 2 fully saturated rings. The summed E-state index contributed by atoms with van der Waals surface area (Å²) in [6.45, 7) is 13.3. The van der Waals surface area contributed by atoms with E-state index in [1.807, 2.05) is 0 Å². The zero-order valence-corrected chi connectivity index (χ0v) is 20.5. The zero-order valence-electron chi connectivity index (χ0n) is 20.5. The van der Waals surface area contributed by atoms with Crippen molar-refractivity contribution in [1.29, 1.82) is 0 Å². The number of ether oxygens (including phenoxy) is 2. The summed E-state index contributed by atoms with van der Waals surface area (Å²) in [7, 11) is 1.09. The van der Waals surface area contributed by atoms with Gasteiger partial charge >= 0.3 is 11.9 Å². The van der Waals surface area contributed by atoms with Gasteiger partial charge in [-0.3, -0.25) is 24.0 Å². The van der Waals surface area contributed by atoms with Gasteiger partial charge < -0.3 is 14.6 Å². The van der Waals surface area contributed by atoms with Gasteiger partial charge in [0.1, 0.15) is 5.41 Å². The lowest BCUT2D eigenvalue weighted by molar-refractivity contribution is -0.222. The summed E-state index contributed by atoms with van der Waals surface area (Å²) in [4.78, 5) is 68.0. The summed E-state index contributed by atoms with van der Waals surface area (Å²) in [6.07, 6.45) is 1.79. The number of aliphatic hydroxyl groups is 1. The lowest BCUT2D eigenvalue weighted by atomic mass is 9.33. The summed E-state index contributed by atoms with van der Waals surface area (Å²) in [6, 6.07) is 0. The summed E-state index contributed by atoms with van der Waals surface area (Å²) in [5.41, 5.74) is -7.94. The van der Waals surface area contributed by atoms with Crippen LogP contribution < -0.4 is 0 Å². The Bertz CT molecular complexity index is 1170. The minimum atomic E-state index is -2.33. The van der Waals surface area contributed by atoms with E-state index in [0.717, 1.165) is 7.11 Å². The number of hydrogen-bond donors (Lipinski definition) is 1. The summed E-state index contributed by atoms with van der Waals surface area (Å²) in [5, 5.41) is 11.4. The molecular formula is C26H30O8. The molecule has 1 saturated heterocycles. The number of ketones is 3. The maximum Gasteiger partial charge on any atom is 0.322 e. The van der Waals surface area contributed by atoms with Gasteiger partial charge in [0.2, 0.25) is 5.78 Å². The highest BCUT2D eigenvalue weighted by Crippen LogP contribution is 2.74. The maximum absolute atomic E-state index is 14.2. The number of aliphatic hydroxyl groups excluding tert-OH is 1. The Balaban J connectivity index is 2.20. The fraction of sp³-hybridized carbons (Fsp3) is 0.577. The van der Waals surface area contributed by atoms with Crippen molar-refractivity contribution in [3.8, 4) is 0 Å². The molecule has 182 valence electrons. The summed E-state index contributed by atoms with van der Waals surface area (Å²) >= 11 is 0. The van der Waals surface area contributed by atoms with Gasteiger partial charge in [-0.25, -0.2) is 0 Å². The first-order chi connectivity index (χ1) is 15.5. The lowest BCUT2D eigenvalue weighted by Crippen LogP contribution is -2.77. The van der Waals surface area contributed by atoms with Gasteiger partial charge in [-0.15, -0.1) is 0 Å². The number of carbonyl (C=O) groups excluding carboxylic acids is 5. The molecule has 0 aromatic carbocycles. The van der Waals surface area contributed by atoms with Crippen LogP contribution in [0.5, 0.6) is 0 Å². The molecule has 0 radical (unpaired) electrons. The third-order valence-electron chi connectivity index (χ3n) is 9.31. The maximum atomic E-state index is 14.2. The quantitative estimate of drug-likeness (QED) is 0.352. The summed E-state index contributed by atoms with van der Waals surface area (Å²) in [5.74, 6) is -5.29. The van der Waals surface area contributed by atoms with Gasteiger partial charge in [0.25, 0.3) is 0 Å². The Kier molecular flexibility index (Phi) is 4.64. The van der Waals surface area contributed by atoms with Crippen LogP contribution in [-0.4, -0.2) is 47.6 Å². The second-order valence-electron chi connectivity index (χ2n) is 11.0. The number of rotatable bonds is 1. The number of allylic oxidation sites excluding steroid dienone is 4. The molecule has 8 heteroatoms. The van der Waals surface area contributed by atoms with E-state index in [2.05, 4.69) is 6.58 Å². The van der Waals surface area contributed by atoms with Crippen molar-refractivity contribution in [3.63, 3.8) is 0 Å². The normalized spacial score (nSPS) is 43.1. The van der Waals surface area contributed by atoms with Gasteiger partial charge in [0.15, 0.2) is 28.8 Å². The predicted octanol–water partition coefficient (Wildman–Crippen LogP) is 2.82.